The second kappa shape index (κ2) is 11.4. The Morgan fingerprint density at radius 2 is 1.15 bits per heavy atom. The zero-order valence-corrected chi connectivity index (χ0v) is 13.9. The summed E-state index contributed by atoms with van der Waals surface area (Å²) in [4.78, 5) is 68.0. The average molecular weight is 392 g/mol. The second-order valence-corrected chi connectivity index (χ2v) is 5.16. The van der Waals surface area contributed by atoms with E-state index in [1.54, 1.807) is 0 Å². The number of carbonyl (C=O) groups is 6. The molecule has 0 heterocycles. The van der Waals surface area contributed by atoms with Crippen molar-refractivity contribution in [3.8, 4) is 0 Å². The van der Waals surface area contributed by atoms with Crippen molar-refractivity contribution in [3.05, 3.63) is 0 Å². The Balaban J connectivity index is 5.32. The normalized spacial score (nSPS) is 13.6. The first kappa shape index (κ1) is 23.7. The minimum absolute atomic E-state index is 0.556. The predicted octanol–water partition coefficient (Wildman–Crippen LogP) is -4.57. The van der Waals surface area contributed by atoms with Gasteiger partial charge in [0.2, 0.25) is 17.7 Å². The number of amides is 3. The van der Waals surface area contributed by atoms with Gasteiger partial charge in [0.25, 0.3) is 0 Å². The molecule has 0 aliphatic rings. The summed E-state index contributed by atoms with van der Waals surface area (Å²) in [7, 11) is 0. The van der Waals surface area contributed by atoms with Gasteiger partial charge in [-0.2, -0.15) is 0 Å². The molecule has 3 atom stereocenters. The van der Waals surface area contributed by atoms with Crippen LogP contribution in [0.15, 0.2) is 0 Å². The fraction of sp³-hybridized carbons (Fsp3) is 0.538. The van der Waals surface area contributed by atoms with Crippen LogP contribution >= 0.6 is 0 Å². The van der Waals surface area contributed by atoms with Crippen molar-refractivity contribution in [2.24, 2.45) is 5.73 Å². The minimum Gasteiger partial charge on any atom is -0.481 e. The number of hydrogen-bond acceptors (Lipinski definition) is 8. The lowest BCUT2D eigenvalue weighted by Crippen LogP contribution is -2.57. The average Bonchev–Trinajstić information content (AvgIpc) is 2.56. The largest absolute Gasteiger partial charge is 0.481 e. The van der Waals surface area contributed by atoms with Crippen LogP contribution < -0.4 is 21.7 Å². The Hall–Kier alpha value is -3.26. The summed E-state index contributed by atoms with van der Waals surface area (Å²) in [6.07, 6.45) is -1.85. The Bertz CT molecular complexity index is 608. The van der Waals surface area contributed by atoms with Crippen molar-refractivity contribution in [3.63, 3.8) is 0 Å². The third kappa shape index (κ3) is 9.13. The van der Waals surface area contributed by atoms with Crippen molar-refractivity contribution < 1.29 is 49.2 Å². The van der Waals surface area contributed by atoms with Gasteiger partial charge in [0, 0.05) is 0 Å². The monoisotopic (exact) mass is 392 g/mol. The summed E-state index contributed by atoms with van der Waals surface area (Å²) in [5.41, 5.74) is 5.05. The molecule has 0 aliphatic heterocycles. The van der Waals surface area contributed by atoms with Crippen molar-refractivity contribution in [1.29, 1.82) is 0 Å². The lowest BCUT2D eigenvalue weighted by Gasteiger charge is -2.22. The van der Waals surface area contributed by atoms with Crippen LogP contribution in [0.5, 0.6) is 0 Å². The number of aliphatic hydroxyl groups excluding tert-OH is 1. The molecule has 0 aromatic heterocycles. The molecule has 14 heteroatoms. The van der Waals surface area contributed by atoms with Crippen LogP contribution in [-0.2, 0) is 28.8 Å². The molecule has 9 N–H and O–H groups in total. The van der Waals surface area contributed by atoms with Crippen LogP contribution in [0.1, 0.15) is 12.8 Å². The molecule has 3 amide bonds. The highest BCUT2D eigenvalue weighted by Crippen LogP contribution is 2.00. The third-order valence-corrected chi connectivity index (χ3v) is 3.02. The first-order valence-corrected chi connectivity index (χ1v) is 7.39. The maximum absolute atomic E-state index is 12.1. The van der Waals surface area contributed by atoms with Gasteiger partial charge in [-0.05, 0) is 0 Å². The topological polar surface area (TPSA) is 245 Å². The van der Waals surface area contributed by atoms with Gasteiger partial charge in [-0.3, -0.25) is 24.0 Å². The first-order valence-electron chi connectivity index (χ1n) is 7.39. The number of hydrogen-bond donors (Lipinski definition) is 8. The molecular formula is C13H20N4O10. The number of carbonyl (C=O) groups excluding carboxylic acids is 3. The standard InChI is InChI=1S/C13H20N4O10/c14-3-8(19)15-5(1-9(20)21)11(24)16-6(2-10(22)23)12(25)17-7(4-18)13(26)27/h5-7,18H,1-4,14H2,(H,15,19)(H,16,24)(H,17,25)(H,20,21)(H,22,23)(H,26,27). The Kier molecular flexibility index (Phi) is 10.0. The second-order valence-electron chi connectivity index (χ2n) is 5.16. The Morgan fingerprint density at radius 3 is 1.48 bits per heavy atom. The molecule has 0 aromatic rings. The van der Waals surface area contributed by atoms with Gasteiger partial charge in [-0.1, -0.05) is 0 Å². The SMILES string of the molecule is NCC(=O)NC(CC(=O)O)C(=O)NC(CC(=O)O)C(=O)NC(CO)C(=O)O. The van der Waals surface area contributed by atoms with Gasteiger partial charge in [0.1, 0.15) is 18.1 Å². The van der Waals surface area contributed by atoms with Gasteiger partial charge in [-0.25, -0.2) is 4.79 Å². The van der Waals surface area contributed by atoms with Gasteiger partial charge < -0.3 is 42.1 Å². The van der Waals surface area contributed by atoms with Crippen molar-refractivity contribution in [2.75, 3.05) is 13.2 Å². The number of carboxylic acids is 3. The molecule has 152 valence electrons. The van der Waals surface area contributed by atoms with Crippen molar-refractivity contribution in [1.82, 2.24) is 16.0 Å². The summed E-state index contributed by atoms with van der Waals surface area (Å²) >= 11 is 0. The lowest BCUT2D eigenvalue weighted by molar-refractivity contribution is -0.145. The molecule has 0 rings (SSSR count). The smallest absolute Gasteiger partial charge is 0.328 e. The lowest BCUT2D eigenvalue weighted by atomic mass is 10.1. The van der Waals surface area contributed by atoms with E-state index in [1.165, 1.54) is 0 Å². The van der Waals surface area contributed by atoms with Crippen molar-refractivity contribution in [2.45, 2.75) is 31.0 Å². The molecule has 0 fully saturated rings. The molecule has 0 aliphatic carbocycles. The van der Waals surface area contributed by atoms with E-state index in [4.69, 9.17) is 26.2 Å². The highest BCUT2D eigenvalue weighted by atomic mass is 16.4. The molecule has 0 spiro atoms. The molecule has 0 saturated heterocycles. The summed E-state index contributed by atoms with van der Waals surface area (Å²) in [5.74, 6) is -7.93. The van der Waals surface area contributed by atoms with E-state index in [0.29, 0.717) is 0 Å². The van der Waals surface area contributed by atoms with Crippen LogP contribution in [-0.4, -0.2) is 87.3 Å². The molecular weight excluding hydrogens is 372 g/mol. The Morgan fingerprint density at radius 1 is 0.741 bits per heavy atom. The number of nitrogens with two attached hydrogens (primary N) is 1. The maximum atomic E-state index is 12.1. The van der Waals surface area contributed by atoms with E-state index >= 15 is 0 Å². The summed E-state index contributed by atoms with van der Waals surface area (Å²) in [5, 5.41) is 41.0. The van der Waals surface area contributed by atoms with Crippen LogP contribution in [0.4, 0.5) is 0 Å². The van der Waals surface area contributed by atoms with Crippen LogP contribution in [0.25, 0.3) is 0 Å². The molecule has 0 saturated carbocycles. The van der Waals surface area contributed by atoms with E-state index in [9.17, 15) is 28.8 Å². The fourth-order valence-electron chi connectivity index (χ4n) is 1.75. The summed E-state index contributed by atoms with van der Waals surface area (Å²) < 4.78 is 0. The van der Waals surface area contributed by atoms with Crippen LogP contribution in [0.2, 0.25) is 0 Å². The highest BCUT2D eigenvalue weighted by Gasteiger charge is 2.31. The number of aliphatic hydroxyl groups is 1. The molecule has 0 radical (unpaired) electrons. The zero-order valence-electron chi connectivity index (χ0n) is 13.9. The van der Waals surface area contributed by atoms with E-state index in [0.717, 1.165) is 0 Å². The summed E-state index contributed by atoms with van der Waals surface area (Å²) in [6, 6.07) is -5.21. The molecule has 14 nitrogen and oxygen atoms in total. The van der Waals surface area contributed by atoms with Crippen molar-refractivity contribution >= 4 is 35.6 Å². The van der Waals surface area contributed by atoms with E-state index in [-0.39, 0.29) is 0 Å². The molecule has 0 aromatic carbocycles. The Labute approximate surface area is 151 Å². The number of aliphatic carboxylic acids is 3. The maximum Gasteiger partial charge on any atom is 0.328 e. The summed E-state index contributed by atoms with van der Waals surface area (Å²) in [6.45, 7) is -1.55. The highest BCUT2D eigenvalue weighted by molar-refractivity contribution is 5.96. The van der Waals surface area contributed by atoms with Gasteiger partial charge >= 0.3 is 17.9 Å². The fourth-order valence-corrected chi connectivity index (χ4v) is 1.75. The molecule has 27 heavy (non-hydrogen) atoms. The minimum atomic E-state index is -1.80. The number of rotatable bonds is 12. The van der Waals surface area contributed by atoms with E-state index in [2.05, 4.69) is 0 Å². The van der Waals surface area contributed by atoms with Crippen LogP contribution in [0.3, 0.4) is 0 Å². The quantitative estimate of drug-likeness (QED) is 0.157. The third-order valence-electron chi connectivity index (χ3n) is 3.02. The van der Waals surface area contributed by atoms with E-state index < -0.39 is 79.7 Å². The number of carboxylic acid groups (broad SMARTS) is 3. The number of nitrogens with one attached hydrogen (secondary N) is 3. The zero-order chi connectivity index (χ0) is 21.1. The van der Waals surface area contributed by atoms with E-state index in [1.807, 2.05) is 16.0 Å². The molecule has 0 bridgehead atoms. The van der Waals surface area contributed by atoms with Crippen LogP contribution in [0, 0.1) is 0 Å². The molecule has 3 unspecified atom stereocenters. The predicted molar refractivity (Wildman–Crippen MR) is 84.1 cm³/mol. The van der Waals surface area contributed by atoms with Gasteiger partial charge in [0.15, 0.2) is 0 Å². The van der Waals surface area contributed by atoms with Gasteiger partial charge in [0.05, 0.1) is 26.0 Å². The van der Waals surface area contributed by atoms with Gasteiger partial charge in [-0.15, -0.1) is 0 Å². The first-order chi connectivity index (χ1) is 12.5.